The molecule has 0 bridgehead atoms. The van der Waals surface area contributed by atoms with Crippen molar-refractivity contribution < 1.29 is 17.9 Å². The van der Waals surface area contributed by atoms with E-state index < -0.39 is 16.1 Å². The van der Waals surface area contributed by atoms with Crippen LogP contribution in [0.25, 0.3) is 0 Å². The normalized spacial score (nSPS) is 19.8. The second-order valence-corrected chi connectivity index (χ2v) is 7.05. The molecule has 1 amide bonds. The van der Waals surface area contributed by atoms with E-state index >= 15 is 0 Å². The minimum absolute atomic E-state index is 0.0141. The van der Waals surface area contributed by atoms with Gasteiger partial charge in [0, 0.05) is 32.8 Å². The number of carbonyl (C=O) groups is 1. The van der Waals surface area contributed by atoms with Crippen LogP contribution in [-0.4, -0.2) is 63.3 Å². The maximum Gasteiger partial charge on any atom is 0.250 e. The number of sulfonamides is 1. The highest BCUT2D eigenvalue weighted by Crippen LogP contribution is 2.15. The molecule has 1 fully saturated rings. The molecule has 0 aliphatic carbocycles. The van der Waals surface area contributed by atoms with E-state index in [-0.39, 0.29) is 24.2 Å². The fraction of sp³-hybridized carbons (Fsp3) is 0.917. The van der Waals surface area contributed by atoms with Crippen LogP contribution in [0.1, 0.15) is 26.2 Å². The van der Waals surface area contributed by atoms with Crippen LogP contribution in [0.2, 0.25) is 0 Å². The van der Waals surface area contributed by atoms with E-state index in [1.807, 2.05) is 6.92 Å². The standard InChI is InChI=1S/C12H25N3O4S/c1-3-8-20(17,18)15-6-4-10(5-7-15)14-12(16)11(9-13)19-2/h10-11H,3-9,13H2,1-2H3,(H,14,16). The Morgan fingerprint density at radius 1 is 1.45 bits per heavy atom. The summed E-state index contributed by atoms with van der Waals surface area (Å²) in [7, 11) is -1.69. The summed E-state index contributed by atoms with van der Waals surface area (Å²) in [5.74, 6) is -0.0481. The molecule has 118 valence electrons. The Balaban J connectivity index is 2.45. The number of nitrogens with two attached hydrogens (primary N) is 1. The zero-order valence-corrected chi connectivity index (χ0v) is 13.0. The summed E-state index contributed by atoms with van der Waals surface area (Å²) in [5.41, 5.74) is 5.43. The number of hydrogen-bond acceptors (Lipinski definition) is 5. The van der Waals surface area contributed by atoms with Gasteiger partial charge in [-0.3, -0.25) is 4.79 Å². The summed E-state index contributed by atoms with van der Waals surface area (Å²) >= 11 is 0. The molecule has 8 heteroatoms. The van der Waals surface area contributed by atoms with Crippen molar-refractivity contribution in [2.45, 2.75) is 38.3 Å². The summed E-state index contributed by atoms with van der Waals surface area (Å²) in [5, 5.41) is 2.86. The van der Waals surface area contributed by atoms with Gasteiger partial charge >= 0.3 is 0 Å². The average molecular weight is 307 g/mol. The van der Waals surface area contributed by atoms with Crippen LogP contribution in [0.15, 0.2) is 0 Å². The number of nitrogens with zero attached hydrogens (tertiary/aromatic N) is 1. The fourth-order valence-electron chi connectivity index (χ4n) is 2.27. The highest BCUT2D eigenvalue weighted by atomic mass is 32.2. The Kier molecular flexibility index (Phi) is 6.87. The highest BCUT2D eigenvalue weighted by Gasteiger charge is 2.29. The van der Waals surface area contributed by atoms with Gasteiger partial charge in [-0.15, -0.1) is 0 Å². The summed E-state index contributed by atoms with van der Waals surface area (Å²) in [6.45, 7) is 2.88. The number of rotatable bonds is 7. The van der Waals surface area contributed by atoms with Crippen molar-refractivity contribution in [1.82, 2.24) is 9.62 Å². The van der Waals surface area contributed by atoms with Crippen molar-refractivity contribution in [3.05, 3.63) is 0 Å². The molecule has 1 rings (SSSR count). The van der Waals surface area contributed by atoms with Gasteiger partial charge < -0.3 is 15.8 Å². The van der Waals surface area contributed by atoms with Crippen molar-refractivity contribution >= 4 is 15.9 Å². The molecule has 1 heterocycles. The van der Waals surface area contributed by atoms with Gasteiger partial charge in [0.2, 0.25) is 10.0 Å². The first-order chi connectivity index (χ1) is 9.44. The molecule has 0 radical (unpaired) electrons. The molecule has 0 aromatic heterocycles. The number of carbonyl (C=O) groups excluding carboxylic acids is 1. The van der Waals surface area contributed by atoms with Gasteiger partial charge in [0.15, 0.2) is 0 Å². The molecule has 1 atom stereocenters. The monoisotopic (exact) mass is 307 g/mol. The number of amides is 1. The van der Waals surface area contributed by atoms with E-state index in [0.717, 1.165) is 0 Å². The predicted octanol–water partition coefficient (Wildman–Crippen LogP) is -0.719. The third-order valence-corrected chi connectivity index (χ3v) is 5.52. The smallest absolute Gasteiger partial charge is 0.250 e. The summed E-state index contributed by atoms with van der Waals surface area (Å²) in [6.07, 6.45) is 1.22. The zero-order chi connectivity index (χ0) is 15.2. The van der Waals surface area contributed by atoms with Gasteiger partial charge in [-0.05, 0) is 19.3 Å². The third kappa shape index (κ3) is 4.69. The number of nitrogens with one attached hydrogen (secondary N) is 1. The Morgan fingerprint density at radius 2 is 2.05 bits per heavy atom. The molecule has 3 N–H and O–H groups in total. The van der Waals surface area contributed by atoms with Gasteiger partial charge in [0.1, 0.15) is 6.10 Å². The van der Waals surface area contributed by atoms with E-state index in [4.69, 9.17) is 10.5 Å². The minimum atomic E-state index is -3.14. The lowest BCUT2D eigenvalue weighted by Gasteiger charge is -2.32. The maximum absolute atomic E-state index is 11.9. The Labute approximate surface area is 120 Å². The quantitative estimate of drug-likeness (QED) is 0.646. The lowest BCUT2D eigenvalue weighted by Crippen LogP contribution is -2.50. The first kappa shape index (κ1) is 17.4. The predicted molar refractivity (Wildman–Crippen MR) is 76.7 cm³/mol. The lowest BCUT2D eigenvalue weighted by atomic mass is 10.1. The molecule has 0 aromatic rings. The molecule has 1 saturated heterocycles. The molecule has 1 unspecified atom stereocenters. The Bertz CT molecular complexity index is 401. The molecule has 0 saturated carbocycles. The van der Waals surface area contributed by atoms with E-state index in [0.29, 0.717) is 32.4 Å². The summed E-state index contributed by atoms with van der Waals surface area (Å²) < 4.78 is 30.3. The Morgan fingerprint density at radius 3 is 2.50 bits per heavy atom. The van der Waals surface area contributed by atoms with Gasteiger partial charge in [0.25, 0.3) is 5.91 Å². The van der Waals surface area contributed by atoms with Crippen LogP contribution in [0.4, 0.5) is 0 Å². The van der Waals surface area contributed by atoms with Gasteiger partial charge in [0.05, 0.1) is 5.75 Å². The van der Waals surface area contributed by atoms with Crippen molar-refractivity contribution in [1.29, 1.82) is 0 Å². The summed E-state index contributed by atoms with van der Waals surface area (Å²) in [6, 6.07) is -0.0141. The summed E-state index contributed by atoms with van der Waals surface area (Å²) in [4.78, 5) is 11.8. The molecule has 0 aromatic carbocycles. The largest absolute Gasteiger partial charge is 0.370 e. The number of hydrogen-bond donors (Lipinski definition) is 2. The first-order valence-corrected chi connectivity index (χ1v) is 8.56. The van der Waals surface area contributed by atoms with Crippen molar-refractivity contribution in [3.63, 3.8) is 0 Å². The van der Waals surface area contributed by atoms with E-state index in [1.54, 1.807) is 0 Å². The minimum Gasteiger partial charge on any atom is -0.370 e. The lowest BCUT2D eigenvalue weighted by molar-refractivity contribution is -0.131. The third-order valence-electron chi connectivity index (χ3n) is 3.45. The molecule has 7 nitrogen and oxygen atoms in total. The van der Waals surface area contributed by atoms with Gasteiger partial charge in [-0.2, -0.15) is 0 Å². The van der Waals surface area contributed by atoms with E-state index in [2.05, 4.69) is 5.32 Å². The topological polar surface area (TPSA) is 102 Å². The Hall–Kier alpha value is -0.700. The van der Waals surface area contributed by atoms with Crippen molar-refractivity contribution in [2.24, 2.45) is 5.73 Å². The second kappa shape index (κ2) is 7.92. The number of piperidine rings is 1. The van der Waals surface area contributed by atoms with Crippen LogP contribution in [-0.2, 0) is 19.6 Å². The average Bonchev–Trinajstić information content (AvgIpc) is 2.40. The molecule has 1 aliphatic heterocycles. The number of methoxy groups -OCH3 is 1. The second-order valence-electron chi connectivity index (χ2n) is 4.96. The van der Waals surface area contributed by atoms with Crippen molar-refractivity contribution in [2.75, 3.05) is 32.5 Å². The van der Waals surface area contributed by atoms with Gasteiger partial charge in [-0.1, -0.05) is 6.92 Å². The van der Waals surface area contributed by atoms with Crippen LogP contribution >= 0.6 is 0 Å². The van der Waals surface area contributed by atoms with Crippen LogP contribution in [0, 0.1) is 0 Å². The maximum atomic E-state index is 11.9. The number of ether oxygens (including phenoxy) is 1. The van der Waals surface area contributed by atoms with Crippen LogP contribution in [0.3, 0.4) is 0 Å². The zero-order valence-electron chi connectivity index (χ0n) is 12.2. The molecular formula is C12H25N3O4S. The first-order valence-electron chi connectivity index (χ1n) is 6.95. The fourth-order valence-corrected chi connectivity index (χ4v) is 3.81. The highest BCUT2D eigenvalue weighted by molar-refractivity contribution is 7.89. The van der Waals surface area contributed by atoms with Crippen LogP contribution in [0.5, 0.6) is 0 Å². The molecule has 20 heavy (non-hydrogen) atoms. The van der Waals surface area contributed by atoms with E-state index in [1.165, 1.54) is 11.4 Å². The van der Waals surface area contributed by atoms with Crippen molar-refractivity contribution in [3.8, 4) is 0 Å². The molecule has 0 spiro atoms. The van der Waals surface area contributed by atoms with Gasteiger partial charge in [-0.25, -0.2) is 12.7 Å². The van der Waals surface area contributed by atoms with E-state index in [9.17, 15) is 13.2 Å². The molecular weight excluding hydrogens is 282 g/mol. The van der Waals surface area contributed by atoms with Crippen LogP contribution < -0.4 is 11.1 Å². The molecule has 1 aliphatic rings. The SMILES string of the molecule is CCCS(=O)(=O)N1CCC(NC(=O)C(CN)OC)CC1.